The molecule has 1 saturated carbocycles. The van der Waals surface area contributed by atoms with Crippen LogP contribution in [-0.2, 0) is 4.79 Å². The lowest BCUT2D eigenvalue weighted by Crippen LogP contribution is -2.26. The highest BCUT2D eigenvalue weighted by Crippen LogP contribution is 2.29. The average molecular weight is 294 g/mol. The van der Waals surface area contributed by atoms with Gasteiger partial charge in [0.15, 0.2) is 0 Å². The molecule has 1 aromatic heterocycles. The van der Waals surface area contributed by atoms with Gasteiger partial charge in [-0.05, 0) is 36.6 Å². The predicted molar refractivity (Wildman–Crippen MR) is 84.5 cm³/mol. The minimum absolute atomic E-state index is 0.170. The van der Waals surface area contributed by atoms with Crippen LogP contribution in [0.2, 0.25) is 0 Å². The van der Waals surface area contributed by atoms with Gasteiger partial charge in [0.05, 0.1) is 0 Å². The summed E-state index contributed by atoms with van der Waals surface area (Å²) < 4.78 is 0. The van der Waals surface area contributed by atoms with E-state index >= 15 is 0 Å². The number of carbonyl (C=O) groups is 1. The zero-order valence-electron chi connectivity index (χ0n) is 11.4. The summed E-state index contributed by atoms with van der Waals surface area (Å²) in [6.07, 6.45) is 3.69. The van der Waals surface area contributed by atoms with Crippen LogP contribution in [0.15, 0.2) is 48.0 Å². The number of amides is 1. The quantitative estimate of drug-likeness (QED) is 0.692. The normalized spacial score (nSPS) is 14.5. The van der Waals surface area contributed by atoms with Crippen molar-refractivity contribution in [3.63, 3.8) is 0 Å². The van der Waals surface area contributed by atoms with Crippen LogP contribution in [0, 0.1) is 11.3 Å². The Morgan fingerprint density at radius 3 is 2.67 bits per heavy atom. The Kier molecular flexibility index (Phi) is 3.85. The Morgan fingerprint density at radius 1 is 1.24 bits per heavy atom. The van der Waals surface area contributed by atoms with Crippen LogP contribution in [0.5, 0.6) is 0 Å². The maximum atomic E-state index is 11.9. The van der Waals surface area contributed by atoms with Crippen LogP contribution < -0.4 is 5.32 Å². The van der Waals surface area contributed by atoms with Crippen LogP contribution in [0.25, 0.3) is 16.5 Å². The van der Waals surface area contributed by atoms with Gasteiger partial charge in [0.1, 0.15) is 11.6 Å². The minimum Gasteiger partial charge on any atom is -0.349 e. The molecule has 2 aromatic rings. The standard InChI is InChI=1S/C17H14N2OS/c18-11-13(17(20)19-14-6-7-14)10-15-8-9-16(21-15)12-4-2-1-3-5-12/h1-5,8-10,14H,6-7H2,(H,19,20)/b13-10+. The van der Waals surface area contributed by atoms with Gasteiger partial charge in [-0.25, -0.2) is 0 Å². The fourth-order valence-corrected chi connectivity index (χ4v) is 2.93. The first-order valence-electron chi connectivity index (χ1n) is 6.84. The molecule has 1 aliphatic rings. The van der Waals surface area contributed by atoms with E-state index in [2.05, 4.69) is 5.32 Å². The van der Waals surface area contributed by atoms with Gasteiger partial charge in [-0.1, -0.05) is 30.3 Å². The maximum Gasteiger partial charge on any atom is 0.262 e. The molecule has 1 fully saturated rings. The molecule has 1 aliphatic carbocycles. The number of nitrogens with zero attached hydrogens (tertiary/aromatic N) is 1. The molecule has 3 nitrogen and oxygen atoms in total. The van der Waals surface area contributed by atoms with E-state index in [0.29, 0.717) is 0 Å². The van der Waals surface area contributed by atoms with Crippen molar-refractivity contribution >= 4 is 23.3 Å². The fraction of sp³-hybridized carbons (Fsp3) is 0.176. The first-order valence-corrected chi connectivity index (χ1v) is 7.66. The number of benzene rings is 1. The lowest BCUT2D eigenvalue weighted by molar-refractivity contribution is -0.117. The monoisotopic (exact) mass is 294 g/mol. The Labute approximate surface area is 127 Å². The summed E-state index contributed by atoms with van der Waals surface area (Å²) in [6, 6.07) is 16.3. The van der Waals surface area contributed by atoms with Gasteiger partial charge in [-0.15, -0.1) is 11.3 Å². The van der Waals surface area contributed by atoms with Gasteiger partial charge >= 0.3 is 0 Å². The Hall–Kier alpha value is -2.38. The van der Waals surface area contributed by atoms with Crippen molar-refractivity contribution in [3.05, 3.63) is 52.9 Å². The van der Waals surface area contributed by atoms with Crippen molar-refractivity contribution < 1.29 is 4.79 Å². The summed E-state index contributed by atoms with van der Waals surface area (Å²) in [6.45, 7) is 0. The van der Waals surface area contributed by atoms with E-state index < -0.39 is 0 Å². The lowest BCUT2D eigenvalue weighted by Gasteiger charge is -2.00. The van der Waals surface area contributed by atoms with Gasteiger partial charge in [-0.3, -0.25) is 4.79 Å². The molecule has 1 amide bonds. The van der Waals surface area contributed by atoms with Crippen LogP contribution in [0.1, 0.15) is 17.7 Å². The first kappa shape index (κ1) is 13.6. The molecular formula is C17H14N2OS. The zero-order chi connectivity index (χ0) is 14.7. The highest BCUT2D eigenvalue weighted by atomic mass is 32.1. The van der Waals surface area contributed by atoms with Crippen molar-refractivity contribution in [2.24, 2.45) is 0 Å². The lowest BCUT2D eigenvalue weighted by atomic mass is 10.2. The van der Waals surface area contributed by atoms with Crippen LogP contribution in [0.4, 0.5) is 0 Å². The Balaban J connectivity index is 1.80. The number of nitrogens with one attached hydrogen (secondary N) is 1. The Morgan fingerprint density at radius 2 is 2.00 bits per heavy atom. The molecule has 0 radical (unpaired) electrons. The molecule has 0 bridgehead atoms. The molecule has 1 heterocycles. The van der Waals surface area contributed by atoms with Crippen molar-refractivity contribution in [1.29, 1.82) is 5.26 Å². The number of nitriles is 1. The summed E-state index contributed by atoms with van der Waals surface area (Å²) in [5, 5.41) is 12.0. The predicted octanol–water partition coefficient (Wildman–Crippen LogP) is 3.60. The SMILES string of the molecule is N#C/C(=C\c1ccc(-c2ccccc2)s1)C(=O)NC1CC1. The zero-order valence-corrected chi connectivity index (χ0v) is 12.2. The third kappa shape index (κ3) is 3.39. The smallest absolute Gasteiger partial charge is 0.262 e. The molecule has 0 spiro atoms. The molecule has 0 saturated heterocycles. The molecule has 0 aliphatic heterocycles. The average Bonchev–Trinajstić information content (AvgIpc) is 3.20. The molecule has 1 N–H and O–H groups in total. The van der Waals surface area contributed by atoms with Crippen LogP contribution in [0.3, 0.4) is 0 Å². The third-order valence-electron chi connectivity index (χ3n) is 3.25. The van der Waals surface area contributed by atoms with Crippen molar-refractivity contribution in [2.45, 2.75) is 18.9 Å². The summed E-state index contributed by atoms with van der Waals surface area (Å²) in [7, 11) is 0. The van der Waals surface area contributed by atoms with E-state index in [9.17, 15) is 4.79 Å². The highest BCUT2D eigenvalue weighted by molar-refractivity contribution is 7.16. The van der Waals surface area contributed by atoms with E-state index in [-0.39, 0.29) is 17.5 Å². The Bertz CT molecular complexity index is 721. The summed E-state index contributed by atoms with van der Waals surface area (Å²) in [5.41, 5.74) is 1.31. The molecule has 3 rings (SSSR count). The highest BCUT2D eigenvalue weighted by Gasteiger charge is 2.24. The van der Waals surface area contributed by atoms with Gasteiger partial charge in [-0.2, -0.15) is 5.26 Å². The van der Waals surface area contributed by atoms with Crippen LogP contribution >= 0.6 is 11.3 Å². The van der Waals surface area contributed by atoms with Crippen molar-refractivity contribution in [1.82, 2.24) is 5.32 Å². The number of rotatable bonds is 4. The molecule has 21 heavy (non-hydrogen) atoms. The van der Waals surface area contributed by atoms with Gasteiger partial charge in [0.2, 0.25) is 0 Å². The molecular weight excluding hydrogens is 280 g/mol. The second-order valence-electron chi connectivity index (χ2n) is 4.99. The number of hydrogen-bond donors (Lipinski definition) is 1. The molecule has 4 heteroatoms. The molecule has 0 atom stereocenters. The summed E-state index contributed by atoms with van der Waals surface area (Å²) >= 11 is 1.57. The van der Waals surface area contributed by atoms with E-state index in [1.165, 1.54) is 0 Å². The van der Waals surface area contributed by atoms with Crippen molar-refractivity contribution in [2.75, 3.05) is 0 Å². The number of thiophene rings is 1. The topological polar surface area (TPSA) is 52.9 Å². The van der Waals surface area contributed by atoms with Gasteiger partial charge < -0.3 is 5.32 Å². The summed E-state index contributed by atoms with van der Waals surface area (Å²) in [5.74, 6) is -0.269. The largest absolute Gasteiger partial charge is 0.349 e. The van der Waals surface area contributed by atoms with Gasteiger partial charge in [0.25, 0.3) is 5.91 Å². The first-order chi connectivity index (χ1) is 10.3. The third-order valence-corrected chi connectivity index (χ3v) is 4.33. The van der Waals surface area contributed by atoms with Crippen LogP contribution in [-0.4, -0.2) is 11.9 Å². The van der Waals surface area contributed by atoms with E-state index in [1.807, 2.05) is 48.5 Å². The second-order valence-corrected chi connectivity index (χ2v) is 6.10. The molecule has 0 unspecified atom stereocenters. The minimum atomic E-state index is -0.269. The second kappa shape index (κ2) is 5.94. The van der Waals surface area contributed by atoms with Gasteiger partial charge in [0, 0.05) is 15.8 Å². The maximum absolute atomic E-state index is 11.9. The number of hydrogen-bond acceptors (Lipinski definition) is 3. The fourth-order valence-electron chi connectivity index (χ4n) is 1.97. The molecule has 1 aromatic carbocycles. The number of carbonyl (C=O) groups excluding carboxylic acids is 1. The summed E-state index contributed by atoms with van der Waals surface area (Å²) in [4.78, 5) is 13.9. The van der Waals surface area contributed by atoms with Crippen molar-refractivity contribution in [3.8, 4) is 16.5 Å². The van der Waals surface area contributed by atoms with E-state index in [0.717, 1.165) is 28.2 Å². The van der Waals surface area contributed by atoms with E-state index in [4.69, 9.17) is 5.26 Å². The van der Waals surface area contributed by atoms with E-state index in [1.54, 1.807) is 17.4 Å². The molecule has 104 valence electrons.